The molecule has 1 saturated heterocycles. The highest BCUT2D eigenvalue weighted by molar-refractivity contribution is 5.69. The molecule has 0 amide bonds. The van der Waals surface area contributed by atoms with Crippen molar-refractivity contribution in [2.24, 2.45) is 0 Å². The monoisotopic (exact) mass is 420 g/mol. The molecule has 12 nitrogen and oxygen atoms in total. The van der Waals surface area contributed by atoms with E-state index in [1.165, 1.54) is 0 Å². The molecule has 0 bridgehead atoms. The predicted octanol–water partition coefficient (Wildman–Crippen LogP) is -1.01. The van der Waals surface area contributed by atoms with E-state index in [1.807, 2.05) is 0 Å². The lowest BCUT2D eigenvalue weighted by Crippen LogP contribution is -2.64. The number of hydrogen-bond acceptors (Lipinski definition) is 12. The second kappa shape index (κ2) is 10.7. The molecule has 1 heterocycles. The first-order valence-corrected chi connectivity index (χ1v) is 8.58. The predicted molar refractivity (Wildman–Crippen MR) is 89.7 cm³/mol. The second-order valence-corrected chi connectivity index (χ2v) is 6.16. The molecule has 0 radical (unpaired) electrons. The van der Waals surface area contributed by atoms with Crippen LogP contribution in [0.15, 0.2) is 0 Å². The van der Waals surface area contributed by atoms with E-state index < -0.39 is 73.3 Å². The van der Waals surface area contributed by atoms with Crippen molar-refractivity contribution in [2.75, 3.05) is 6.61 Å². The van der Waals surface area contributed by atoms with Crippen LogP contribution in [0, 0.1) is 0 Å². The van der Waals surface area contributed by atoms with E-state index in [0.717, 1.165) is 34.6 Å². The van der Waals surface area contributed by atoms with E-state index in [-0.39, 0.29) is 0 Å². The number of aliphatic hydroxyl groups is 1. The van der Waals surface area contributed by atoms with Gasteiger partial charge >= 0.3 is 29.8 Å². The molecular formula is C17H24O12. The number of esters is 5. The molecule has 0 aromatic carbocycles. The Kier molecular flexibility index (Phi) is 8.98. The lowest BCUT2D eigenvalue weighted by molar-refractivity contribution is -0.306. The molecule has 1 aliphatic rings. The van der Waals surface area contributed by atoms with Gasteiger partial charge in [0.25, 0.3) is 0 Å². The highest BCUT2D eigenvalue weighted by atomic mass is 16.7. The topological polar surface area (TPSA) is 161 Å². The van der Waals surface area contributed by atoms with Gasteiger partial charge in [0.1, 0.15) is 12.7 Å². The van der Waals surface area contributed by atoms with Crippen LogP contribution in [0.1, 0.15) is 34.6 Å². The van der Waals surface area contributed by atoms with Crippen molar-refractivity contribution in [3.05, 3.63) is 0 Å². The van der Waals surface area contributed by atoms with Crippen molar-refractivity contribution in [3.8, 4) is 0 Å². The van der Waals surface area contributed by atoms with Gasteiger partial charge in [-0.05, 0) is 0 Å². The number of hydrogen-bond donors (Lipinski definition) is 1. The van der Waals surface area contributed by atoms with E-state index in [0.29, 0.717) is 0 Å². The maximum absolute atomic E-state index is 11.6. The highest BCUT2D eigenvalue weighted by Crippen LogP contribution is 2.30. The molecule has 0 aromatic heterocycles. The average molecular weight is 420 g/mol. The van der Waals surface area contributed by atoms with Gasteiger partial charge in [0.05, 0.1) is 0 Å². The maximum atomic E-state index is 11.6. The molecule has 29 heavy (non-hydrogen) atoms. The number of aliphatic hydroxyl groups excluding tert-OH is 1. The van der Waals surface area contributed by atoms with Gasteiger partial charge in [0, 0.05) is 34.6 Å². The molecule has 1 rings (SSSR count). The van der Waals surface area contributed by atoms with Crippen molar-refractivity contribution in [3.63, 3.8) is 0 Å². The maximum Gasteiger partial charge on any atom is 0.303 e. The third kappa shape index (κ3) is 7.66. The van der Waals surface area contributed by atoms with Crippen LogP contribution >= 0.6 is 0 Å². The van der Waals surface area contributed by atoms with E-state index in [9.17, 15) is 29.1 Å². The number of carbonyl (C=O) groups is 5. The van der Waals surface area contributed by atoms with Crippen molar-refractivity contribution in [1.29, 1.82) is 0 Å². The summed E-state index contributed by atoms with van der Waals surface area (Å²) in [4.78, 5) is 57.2. The minimum atomic E-state index is -1.84. The zero-order valence-corrected chi connectivity index (χ0v) is 16.6. The Morgan fingerprint density at radius 1 is 0.759 bits per heavy atom. The van der Waals surface area contributed by atoms with Crippen LogP contribution in [-0.2, 0) is 52.4 Å². The SMILES string of the molecule is CC(=O)OC[C@H](OC(C)=O)[C@H]1OC(O)[C@H](OC(C)=O)[C@@H](OC(C)=O)[C@@H]1OC(C)=O. The summed E-state index contributed by atoms with van der Waals surface area (Å²) in [6.07, 6.45) is -9.10. The summed E-state index contributed by atoms with van der Waals surface area (Å²) in [5.41, 5.74) is 0. The normalized spacial score (nSPS) is 27.2. The summed E-state index contributed by atoms with van der Waals surface area (Å²) in [6.45, 7) is 4.84. The number of ether oxygens (including phenoxy) is 6. The highest BCUT2D eigenvalue weighted by Gasteiger charge is 2.54. The Bertz CT molecular complexity index is 644. The van der Waals surface area contributed by atoms with E-state index in [1.54, 1.807) is 0 Å². The molecule has 0 spiro atoms. The van der Waals surface area contributed by atoms with Gasteiger partial charge in [0.15, 0.2) is 30.7 Å². The van der Waals surface area contributed by atoms with Crippen LogP contribution in [0.4, 0.5) is 0 Å². The number of rotatable bonds is 7. The van der Waals surface area contributed by atoms with Gasteiger partial charge < -0.3 is 33.5 Å². The smallest absolute Gasteiger partial charge is 0.303 e. The Balaban J connectivity index is 3.34. The molecule has 6 atom stereocenters. The Morgan fingerprint density at radius 3 is 1.69 bits per heavy atom. The van der Waals surface area contributed by atoms with E-state index >= 15 is 0 Å². The van der Waals surface area contributed by atoms with Crippen LogP contribution in [0.2, 0.25) is 0 Å². The summed E-state index contributed by atoms with van der Waals surface area (Å²) in [5, 5.41) is 10.3. The standard InChI is InChI=1S/C17H24O12/c1-7(18)24-6-12(25-8(2)19)13-14(26-9(3)20)15(27-10(4)21)16(17(23)29-13)28-11(5)22/h12-17,23H,6H2,1-5H3/t12-,13+,14+,15-,16+,17?/m0/s1. The first-order chi connectivity index (χ1) is 13.4. The van der Waals surface area contributed by atoms with Gasteiger partial charge in [-0.15, -0.1) is 0 Å². The van der Waals surface area contributed by atoms with E-state index in [2.05, 4.69) is 0 Å². The zero-order chi connectivity index (χ0) is 22.3. The molecule has 0 aromatic rings. The molecule has 1 unspecified atom stereocenters. The molecular weight excluding hydrogens is 396 g/mol. The quantitative estimate of drug-likeness (QED) is 0.395. The first-order valence-electron chi connectivity index (χ1n) is 8.58. The zero-order valence-electron chi connectivity index (χ0n) is 16.6. The Hall–Kier alpha value is -2.73. The molecule has 0 aliphatic carbocycles. The van der Waals surface area contributed by atoms with Gasteiger partial charge in [-0.1, -0.05) is 0 Å². The van der Waals surface area contributed by atoms with Crippen LogP contribution in [0.3, 0.4) is 0 Å². The lowest BCUT2D eigenvalue weighted by Gasteiger charge is -2.44. The number of carbonyl (C=O) groups excluding carboxylic acids is 5. The van der Waals surface area contributed by atoms with Crippen LogP contribution in [-0.4, -0.2) is 78.4 Å². The summed E-state index contributed by atoms with van der Waals surface area (Å²) in [6, 6.07) is 0. The first kappa shape index (κ1) is 24.3. The fraction of sp³-hybridized carbons (Fsp3) is 0.706. The van der Waals surface area contributed by atoms with Crippen molar-refractivity contribution >= 4 is 29.8 Å². The van der Waals surface area contributed by atoms with Gasteiger partial charge in [-0.2, -0.15) is 0 Å². The van der Waals surface area contributed by atoms with Crippen LogP contribution in [0.5, 0.6) is 0 Å². The lowest BCUT2D eigenvalue weighted by atomic mass is 9.94. The molecule has 0 saturated carbocycles. The molecule has 12 heteroatoms. The summed E-state index contributed by atoms with van der Waals surface area (Å²) < 4.78 is 30.5. The second-order valence-electron chi connectivity index (χ2n) is 6.16. The Morgan fingerprint density at radius 2 is 1.24 bits per heavy atom. The fourth-order valence-corrected chi connectivity index (χ4v) is 2.73. The van der Waals surface area contributed by atoms with Crippen molar-refractivity contribution < 1.29 is 57.5 Å². The molecule has 1 aliphatic heterocycles. The summed E-state index contributed by atoms with van der Waals surface area (Å²) >= 11 is 0. The van der Waals surface area contributed by atoms with Gasteiger partial charge in [-0.25, -0.2) is 0 Å². The average Bonchev–Trinajstić information content (AvgIpc) is 2.55. The largest absolute Gasteiger partial charge is 0.462 e. The minimum Gasteiger partial charge on any atom is -0.462 e. The fourth-order valence-electron chi connectivity index (χ4n) is 2.73. The van der Waals surface area contributed by atoms with Crippen LogP contribution in [0.25, 0.3) is 0 Å². The van der Waals surface area contributed by atoms with Crippen LogP contribution < -0.4 is 0 Å². The summed E-state index contributed by atoms with van der Waals surface area (Å²) in [7, 11) is 0. The van der Waals surface area contributed by atoms with Crippen molar-refractivity contribution in [1.82, 2.24) is 0 Å². The van der Waals surface area contributed by atoms with E-state index in [4.69, 9.17) is 28.4 Å². The summed E-state index contributed by atoms with van der Waals surface area (Å²) in [5.74, 6) is -3.97. The molecule has 1 N–H and O–H groups in total. The minimum absolute atomic E-state index is 0.505. The molecule has 164 valence electrons. The Labute approximate surface area is 166 Å². The van der Waals surface area contributed by atoms with Crippen molar-refractivity contribution in [2.45, 2.75) is 71.4 Å². The van der Waals surface area contributed by atoms with Gasteiger partial charge in [0.2, 0.25) is 0 Å². The van der Waals surface area contributed by atoms with Gasteiger partial charge in [-0.3, -0.25) is 24.0 Å². The third-order valence-corrected chi connectivity index (χ3v) is 3.59. The third-order valence-electron chi connectivity index (χ3n) is 3.59. The molecule has 1 fully saturated rings.